The van der Waals surface area contributed by atoms with Crippen LogP contribution in [0.4, 0.5) is 15.3 Å². The van der Waals surface area contributed by atoms with Gasteiger partial charge < -0.3 is 14.4 Å². The molecule has 0 saturated carbocycles. The van der Waals surface area contributed by atoms with E-state index in [1.165, 1.54) is 27.2 Å². The van der Waals surface area contributed by atoms with Crippen LogP contribution in [0, 0.1) is 0 Å². The number of fused-ring (bicyclic) bond motifs is 2. The van der Waals surface area contributed by atoms with Gasteiger partial charge in [0, 0.05) is 18.8 Å². The summed E-state index contributed by atoms with van der Waals surface area (Å²) in [6.07, 6.45) is 6.42. The van der Waals surface area contributed by atoms with Crippen LogP contribution < -0.4 is 10.0 Å². The second-order valence-electron chi connectivity index (χ2n) is 6.71. The Morgan fingerprint density at radius 3 is 2.20 bits per heavy atom. The van der Waals surface area contributed by atoms with Crippen molar-refractivity contribution in [3.8, 4) is 0 Å². The molecule has 0 spiro atoms. The first kappa shape index (κ1) is 16.4. The first-order valence-corrected chi connectivity index (χ1v) is 9.82. The van der Waals surface area contributed by atoms with Crippen LogP contribution in [-0.2, 0) is 41.1 Å². The number of amides is 3. The summed E-state index contributed by atoms with van der Waals surface area (Å²) in [6, 6.07) is 1.67. The lowest BCUT2D eigenvalue weighted by Crippen LogP contribution is -2.44. The third kappa shape index (κ3) is 3.22. The Morgan fingerprint density at radius 2 is 1.64 bits per heavy atom. The molecule has 1 aromatic carbocycles. The molecule has 1 aromatic rings. The molecule has 2 aliphatic carbocycles. The highest BCUT2D eigenvalue weighted by atomic mass is 32.2. The van der Waals surface area contributed by atoms with E-state index < -0.39 is 23.4 Å². The molecule has 0 radical (unpaired) electrons. The maximum absolute atomic E-state index is 12.2. The van der Waals surface area contributed by atoms with Gasteiger partial charge in [-0.2, -0.15) is 4.21 Å². The minimum absolute atomic E-state index is 0.602. The van der Waals surface area contributed by atoms with Crippen LogP contribution in [0.2, 0.25) is 0 Å². The minimum atomic E-state index is -2.19. The third-order valence-corrected chi connectivity index (χ3v) is 5.79. The van der Waals surface area contributed by atoms with E-state index in [4.69, 9.17) is 4.18 Å². The topological polar surface area (TPSA) is 87.7 Å². The van der Waals surface area contributed by atoms with E-state index in [1.807, 2.05) is 0 Å². The lowest BCUT2D eigenvalue weighted by Gasteiger charge is -2.28. The average molecular weight is 363 g/mol. The lowest BCUT2D eigenvalue weighted by atomic mass is 9.99. The zero-order valence-electron chi connectivity index (χ0n) is 13.9. The molecule has 4 rings (SSSR count). The van der Waals surface area contributed by atoms with Crippen molar-refractivity contribution in [2.24, 2.45) is 0 Å². The van der Waals surface area contributed by atoms with Crippen molar-refractivity contribution in [1.29, 1.82) is 0 Å². The molecule has 0 aromatic heterocycles. The molecular weight excluding hydrogens is 342 g/mol. The number of hydrogen-bond acceptors (Lipinski definition) is 4. The van der Waals surface area contributed by atoms with Crippen molar-refractivity contribution >= 4 is 29.1 Å². The number of rotatable bonds is 3. The zero-order chi connectivity index (χ0) is 17.4. The fourth-order valence-electron chi connectivity index (χ4n) is 3.82. The van der Waals surface area contributed by atoms with Crippen LogP contribution in [0.5, 0.6) is 0 Å². The van der Waals surface area contributed by atoms with Crippen molar-refractivity contribution in [3.63, 3.8) is 0 Å². The van der Waals surface area contributed by atoms with E-state index in [-0.39, 0.29) is 0 Å². The molecule has 1 heterocycles. The van der Waals surface area contributed by atoms with Gasteiger partial charge in [-0.3, -0.25) is 0 Å². The Morgan fingerprint density at radius 1 is 1.00 bits per heavy atom. The normalized spacial score (nSPS) is 18.8. The molecule has 134 valence electrons. The van der Waals surface area contributed by atoms with Gasteiger partial charge in [0.05, 0.1) is 0 Å². The minimum Gasteiger partial charge on any atom is -0.330 e. The molecule has 1 atom stereocenters. The molecule has 3 aliphatic rings. The van der Waals surface area contributed by atoms with Gasteiger partial charge in [-0.15, -0.1) is 0 Å². The number of nitrogens with one attached hydrogen (secondary N) is 2. The van der Waals surface area contributed by atoms with Gasteiger partial charge in [-0.1, -0.05) is 6.07 Å². The van der Waals surface area contributed by atoms with Crippen LogP contribution in [0.15, 0.2) is 6.07 Å². The second-order valence-corrected chi connectivity index (χ2v) is 7.55. The molecule has 1 saturated heterocycles. The molecule has 25 heavy (non-hydrogen) atoms. The standard InChI is InChI=1S/C17H21N3O4S/c21-16(19-25(23)24-17(22)20-8-3-9-20)18-15-13-6-1-4-11(13)10-12-5-2-7-14(12)15/h10H,1-9H2,(H2,18,19,21). The molecule has 3 amide bonds. The lowest BCUT2D eigenvalue weighted by molar-refractivity contribution is 0.129. The Labute approximate surface area is 148 Å². The van der Waals surface area contributed by atoms with E-state index >= 15 is 0 Å². The van der Waals surface area contributed by atoms with Gasteiger partial charge in [-0.05, 0) is 67.2 Å². The van der Waals surface area contributed by atoms with E-state index in [9.17, 15) is 13.8 Å². The number of anilines is 1. The smallest absolute Gasteiger partial charge is 0.330 e. The van der Waals surface area contributed by atoms with E-state index in [1.54, 1.807) is 0 Å². The Balaban J connectivity index is 1.43. The fraction of sp³-hybridized carbons (Fsp3) is 0.529. The predicted molar refractivity (Wildman–Crippen MR) is 93.5 cm³/mol. The summed E-state index contributed by atoms with van der Waals surface area (Å²) in [5.41, 5.74) is 5.87. The molecule has 2 N–H and O–H groups in total. The fourth-order valence-corrected chi connectivity index (χ4v) is 4.30. The number of benzene rings is 1. The largest absolute Gasteiger partial charge is 0.425 e. The van der Waals surface area contributed by atoms with Crippen LogP contribution in [0.1, 0.15) is 41.5 Å². The predicted octanol–water partition coefficient (Wildman–Crippen LogP) is 2.21. The van der Waals surface area contributed by atoms with Gasteiger partial charge in [0.25, 0.3) is 0 Å². The summed E-state index contributed by atoms with van der Waals surface area (Å²) in [5.74, 6) is 0. The van der Waals surface area contributed by atoms with Crippen LogP contribution in [0.25, 0.3) is 0 Å². The maximum Gasteiger partial charge on any atom is 0.425 e. The highest BCUT2D eigenvalue weighted by Crippen LogP contribution is 2.38. The monoisotopic (exact) mass is 363 g/mol. The SMILES string of the molecule is O=C(Nc1c2c(cc3c1CCC3)CCC2)NS(=O)OC(=O)N1CCC1. The van der Waals surface area contributed by atoms with Crippen molar-refractivity contribution in [3.05, 3.63) is 28.3 Å². The summed E-state index contributed by atoms with van der Waals surface area (Å²) < 4.78 is 18.8. The molecule has 7 nitrogen and oxygen atoms in total. The Bertz CT molecular complexity index is 729. The van der Waals surface area contributed by atoms with Gasteiger partial charge in [0.1, 0.15) is 0 Å². The van der Waals surface area contributed by atoms with Crippen LogP contribution in [-0.4, -0.2) is 34.3 Å². The zero-order valence-corrected chi connectivity index (χ0v) is 14.7. The Kier molecular flexibility index (Phi) is 4.37. The van der Waals surface area contributed by atoms with Gasteiger partial charge in [0.15, 0.2) is 0 Å². The van der Waals surface area contributed by atoms with Crippen LogP contribution in [0.3, 0.4) is 0 Å². The van der Waals surface area contributed by atoms with Crippen LogP contribution >= 0.6 is 0 Å². The van der Waals surface area contributed by atoms with Crippen molar-refractivity contribution in [2.45, 2.75) is 44.9 Å². The third-order valence-electron chi connectivity index (χ3n) is 5.15. The van der Waals surface area contributed by atoms with Crippen molar-refractivity contribution in [2.75, 3.05) is 18.4 Å². The number of carbonyl (C=O) groups is 2. The number of urea groups is 1. The number of likely N-dealkylation sites (tertiary alicyclic amines) is 1. The summed E-state index contributed by atoms with van der Waals surface area (Å²) >= 11 is -2.19. The molecule has 8 heteroatoms. The Hall–Kier alpha value is -2.09. The highest BCUT2D eigenvalue weighted by Gasteiger charge is 2.27. The summed E-state index contributed by atoms with van der Waals surface area (Å²) in [5, 5.41) is 2.86. The average Bonchev–Trinajstić information content (AvgIpc) is 3.12. The first-order chi connectivity index (χ1) is 12.1. The second kappa shape index (κ2) is 6.67. The molecule has 1 aliphatic heterocycles. The summed E-state index contributed by atoms with van der Waals surface area (Å²) in [6.45, 7) is 1.20. The van der Waals surface area contributed by atoms with Gasteiger partial charge in [0.2, 0.25) is 0 Å². The highest BCUT2D eigenvalue weighted by molar-refractivity contribution is 7.79. The number of hydrogen-bond donors (Lipinski definition) is 2. The van der Waals surface area contributed by atoms with Gasteiger partial charge in [-0.25, -0.2) is 14.3 Å². The van der Waals surface area contributed by atoms with E-state index in [2.05, 4.69) is 16.1 Å². The first-order valence-electron chi connectivity index (χ1n) is 8.75. The number of carbonyl (C=O) groups excluding carboxylic acids is 2. The summed E-state index contributed by atoms with van der Waals surface area (Å²) in [4.78, 5) is 25.3. The molecule has 0 bridgehead atoms. The number of aryl methyl sites for hydroxylation is 2. The molecular formula is C17H21N3O4S. The van der Waals surface area contributed by atoms with E-state index in [0.29, 0.717) is 13.1 Å². The number of nitrogens with zero attached hydrogens (tertiary/aromatic N) is 1. The van der Waals surface area contributed by atoms with Gasteiger partial charge >= 0.3 is 23.4 Å². The van der Waals surface area contributed by atoms with E-state index in [0.717, 1.165) is 50.6 Å². The molecule has 1 unspecified atom stereocenters. The maximum atomic E-state index is 12.2. The molecule has 1 fully saturated rings. The van der Waals surface area contributed by atoms with Crippen molar-refractivity contribution in [1.82, 2.24) is 9.62 Å². The summed E-state index contributed by atoms with van der Waals surface area (Å²) in [7, 11) is 0. The van der Waals surface area contributed by atoms with Crippen molar-refractivity contribution < 1.29 is 18.0 Å². The quantitative estimate of drug-likeness (QED) is 0.862.